The van der Waals surface area contributed by atoms with E-state index in [0.29, 0.717) is 18.5 Å². The van der Waals surface area contributed by atoms with Crippen molar-refractivity contribution in [1.82, 2.24) is 10.2 Å². The molecule has 4 heteroatoms. The van der Waals surface area contributed by atoms with Crippen LogP contribution in [-0.2, 0) is 13.1 Å². The number of nitrogens with zero attached hydrogens (tertiary/aromatic N) is 2. The number of nitrogens with two attached hydrogens (primary N) is 1. The third-order valence-corrected chi connectivity index (χ3v) is 5.65. The van der Waals surface area contributed by atoms with Crippen LogP contribution in [0.1, 0.15) is 56.6 Å². The summed E-state index contributed by atoms with van der Waals surface area (Å²) < 4.78 is 0. The molecule has 132 valence electrons. The van der Waals surface area contributed by atoms with E-state index in [1.165, 1.54) is 56.2 Å². The molecule has 1 aromatic carbocycles. The highest BCUT2D eigenvalue weighted by Crippen LogP contribution is 2.25. The van der Waals surface area contributed by atoms with Crippen molar-refractivity contribution in [2.75, 3.05) is 13.1 Å². The fourth-order valence-corrected chi connectivity index (χ4v) is 3.65. The number of hydrogen-bond acceptors (Lipinski definition) is 2. The predicted molar refractivity (Wildman–Crippen MR) is 101 cm³/mol. The van der Waals surface area contributed by atoms with Gasteiger partial charge in [-0.2, -0.15) is 0 Å². The Kier molecular flexibility index (Phi) is 6.13. The first-order chi connectivity index (χ1) is 11.7. The molecule has 4 nitrogen and oxygen atoms in total. The molecule has 3 rings (SSSR count). The van der Waals surface area contributed by atoms with Crippen LogP contribution in [-0.4, -0.2) is 30.0 Å². The van der Waals surface area contributed by atoms with Gasteiger partial charge in [0.05, 0.1) is 6.54 Å². The lowest BCUT2D eigenvalue weighted by Crippen LogP contribution is -2.37. The van der Waals surface area contributed by atoms with E-state index in [4.69, 9.17) is 5.73 Å². The Labute approximate surface area is 146 Å². The van der Waals surface area contributed by atoms with Gasteiger partial charge in [-0.25, -0.2) is 4.99 Å². The topological polar surface area (TPSA) is 53.6 Å². The van der Waals surface area contributed by atoms with Gasteiger partial charge in [0, 0.05) is 19.1 Å². The van der Waals surface area contributed by atoms with Crippen molar-refractivity contribution >= 4 is 5.96 Å². The summed E-state index contributed by atoms with van der Waals surface area (Å²) in [5.74, 6) is 1.38. The Morgan fingerprint density at radius 2 is 1.96 bits per heavy atom. The van der Waals surface area contributed by atoms with Gasteiger partial charge in [-0.05, 0) is 56.2 Å². The molecule has 2 aliphatic rings. The number of guanidine groups is 1. The highest BCUT2D eigenvalue weighted by molar-refractivity contribution is 5.77. The second kappa shape index (κ2) is 8.52. The molecule has 2 fully saturated rings. The first-order valence-electron chi connectivity index (χ1n) is 9.57. The molecule has 1 saturated carbocycles. The highest BCUT2D eigenvalue weighted by atomic mass is 15.2. The molecule has 0 radical (unpaired) electrons. The monoisotopic (exact) mass is 328 g/mol. The number of aliphatic imine (C=N–C) groups is 1. The molecule has 1 aliphatic carbocycles. The second-order valence-corrected chi connectivity index (χ2v) is 7.46. The van der Waals surface area contributed by atoms with Crippen LogP contribution in [0.2, 0.25) is 0 Å². The second-order valence-electron chi connectivity index (χ2n) is 7.46. The molecular formula is C20H32N4. The summed E-state index contributed by atoms with van der Waals surface area (Å²) in [6, 6.07) is 9.35. The summed E-state index contributed by atoms with van der Waals surface area (Å²) >= 11 is 0. The third-order valence-electron chi connectivity index (χ3n) is 5.65. The quantitative estimate of drug-likeness (QED) is 0.622. The lowest BCUT2D eigenvalue weighted by Gasteiger charge is -2.33. The zero-order chi connectivity index (χ0) is 16.8. The smallest absolute Gasteiger partial charge is 0.188 e. The Hall–Kier alpha value is -1.55. The van der Waals surface area contributed by atoms with Crippen LogP contribution in [0.3, 0.4) is 0 Å². The lowest BCUT2D eigenvalue weighted by molar-refractivity contribution is 0.152. The van der Waals surface area contributed by atoms with Gasteiger partial charge in [0.15, 0.2) is 5.96 Å². The summed E-state index contributed by atoms with van der Waals surface area (Å²) in [6.45, 7) is 6.23. The van der Waals surface area contributed by atoms with Crippen molar-refractivity contribution in [3.63, 3.8) is 0 Å². The normalized spacial score (nSPS) is 23.0. The minimum Gasteiger partial charge on any atom is -0.370 e. The molecule has 1 aromatic rings. The number of rotatable bonds is 6. The minimum atomic E-state index is 0.586. The van der Waals surface area contributed by atoms with Gasteiger partial charge in [0.1, 0.15) is 0 Å². The molecule has 0 spiro atoms. The van der Waals surface area contributed by atoms with E-state index < -0.39 is 0 Å². The zero-order valence-corrected chi connectivity index (χ0v) is 15.0. The van der Waals surface area contributed by atoms with Gasteiger partial charge in [0.25, 0.3) is 0 Å². The van der Waals surface area contributed by atoms with E-state index >= 15 is 0 Å². The first kappa shape index (κ1) is 17.3. The first-order valence-corrected chi connectivity index (χ1v) is 9.57. The number of likely N-dealkylation sites (tertiary alicyclic amines) is 1. The van der Waals surface area contributed by atoms with E-state index in [2.05, 4.69) is 46.4 Å². The number of nitrogens with one attached hydrogen (secondary N) is 1. The molecule has 0 amide bonds. The molecular weight excluding hydrogens is 296 g/mol. The van der Waals surface area contributed by atoms with Crippen molar-refractivity contribution in [2.24, 2.45) is 16.6 Å². The summed E-state index contributed by atoms with van der Waals surface area (Å²) in [6.07, 6.45) is 8.04. The highest BCUT2D eigenvalue weighted by Gasteiger charge is 2.19. The third kappa shape index (κ3) is 4.73. The van der Waals surface area contributed by atoms with E-state index in [9.17, 15) is 0 Å². The van der Waals surface area contributed by atoms with Crippen molar-refractivity contribution in [3.05, 3.63) is 35.4 Å². The average molecular weight is 329 g/mol. The Morgan fingerprint density at radius 1 is 1.17 bits per heavy atom. The van der Waals surface area contributed by atoms with Crippen molar-refractivity contribution < 1.29 is 0 Å². The molecule has 1 atom stereocenters. The average Bonchev–Trinajstić information content (AvgIpc) is 2.55. The molecule has 0 bridgehead atoms. The van der Waals surface area contributed by atoms with E-state index in [-0.39, 0.29) is 0 Å². The SMILES string of the molecule is CC1CCCCN1Cc1ccccc1CN=C(N)NCC1CCC1. The Balaban J connectivity index is 1.56. The largest absolute Gasteiger partial charge is 0.370 e. The number of piperidine rings is 1. The minimum absolute atomic E-state index is 0.586. The van der Waals surface area contributed by atoms with Gasteiger partial charge >= 0.3 is 0 Å². The molecule has 1 aliphatic heterocycles. The summed E-state index contributed by atoms with van der Waals surface area (Å²) in [7, 11) is 0. The van der Waals surface area contributed by atoms with Crippen LogP contribution in [0, 0.1) is 5.92 Å². The summed E-state index contributed by atoms with van der Waals surface area (Å²) in [4.78, 5) is 7.16. The van der Waals surface area contributed by atoms with Crippen molar-refractivity contribution in [2.45, 2.75) is 64.6 Å². The fourth-order valence-electron chi connectivity index (χ4n) is 3.65. The van der Waals surface area contributed by atoms with Crippen LogP contribution < -0.4 is 11.1 Å². The summed E-state index contributed by atoms with van der Waals surface area (Å²) in [5, 5.41) is 3.28. The van der Waals surface area contributed by atoms with Crippen LogP contribution in [0.25, 0.3) is 0 Å². The predicted octanol–water partition coefficient (Wildman–Crippen LogP) is 3.27. The molecule has 24 heavy (non-hydrogen) atoms. The zero-order valence-electron chi connectivity index (χ0n) is 15.0. The number of hydrogen-bond donors (Lipinski definition) is 2. The van der Waals surface area contributed by atoms with Crippen molar-refractivity contribution in [3.8, 4) is 0 Å². The van der Waals surface area contributed by atoms with Crippen LogP contribution in [0.15, 0.2) is 29.3 Å². The molecule has 3 N–H and O–H groups in total. The maximum Gasteiger partial charge on any atom is 0.188 e. The fraction of sp³-hybridized carbons (Fsp3) is 0.650. The Morgan fingerprint density at radius 3 is 2.67 bits per heavy atom. The van der Waals surface area contributed by atoms with Gasteiger partial charge < -0.3 is 11.1 Å². The van der Waals surface area contributed by atoms with Gasteiger partial charge in [0.2, 0.25) is 0 Å². The van der Waals surface area contributed by atoms with E-state index in [0.717, 1.165) is 19.0 Å². The van der Waals surface area contributed by atoms with Crippen LogP contribution in [0.5, 0.6) is 0 Å². The molecule has 1 heterocycles. The number of benzene rings is 1. The standard InChI is InChI=1S/C20H32N4/c1-16-7-4-5-12-24(16)15-19-11-3-2-10-18(19)14-23-20(21)22-13-17-8-6-9-17/h2-3,10-11,16-17H,4-9,12-15H2,1H3,(H3,21,22,23). The molecule has 1 saturated heterocycles. The summed E-state index contributed by atoms with van der Waals surface area (Å²) in [5.41, 5.74) is 8.72. The molecule has 1 unspecified atom stereocenters. The Bertz CT molecular complexity index is 550. The van der Waals surface area contributed by atoms with Crippen molar-refractivity contribution in [1.29, 1.82) is 0 Å². The van der Waals surface area contributed by atoms with E-state index in [1.54, 1.807) is 0 Å². The van der Waals surface area contributed by atoms with Crippen LogP contribution in [0.4, 0.5) is 0 Å². The lowest BCUT2D eigenvalue weighted by atomic mass is 9.85. The maximum atomic E-state index is 6.03. The van der Waals surface area contributed by atoms with E-state index in [1.807, 2.05) is 0 Å². The molecule has 0 aromatic heterocycles. The van der Waals surface area contributed by atoms with Gasteiger partial charge in [-0.15, -0.1) is 0 Å². The van der Waals surface area contributed by atoms with Gasteiger partial charge in [-0.3, -0.25) is 4.90 Å². The van der Waals surface area contributed by atoms with Gasteiger partial charge in [-0.1, -0.05) is 37.1 Å². The van der Waals surface area contributed by atoms with Crippen LogP contribution >= 0.6 is 0 Å². The maximum absolute atomic E-state index is 6.03.